The summed E-state index contributed by atoms with van der Waals surface area (Å²) in [6.07, 6.45) is 3.24. The number of rotatable bonds is 1. The molecule has 0 amide bonds. The minimum Gasteiger partial charge on any atom is -0.464 e. The normalized spacial score (nSPS) is 10.2. The van der Waals surface area contributed by atoms with Crippen molar-refractivity contribution in [2.75, 3.05) is 0 Å². The van der Waals surface area contributed by atoms with E-state index in [1.165, 1.54) is 0 Å². The van der Waals surface area contributed by atoms with Gasteiger partial charge in [-0.1, -0.05) is 18.7 Å². The van der Waals surface area contributed by atoms with Crippen molar-refractivity contribution < 1.29 is 4.42 Å². The van der Waals surface area contributed by atoms with E-state index in [1.54, 1.807) is 12.3 Å². The topological polar surface area (TPSA) is 13.1 Å². The van der Waals surface area contributed by atoms with Crippen LogP contribution in [0.25, 0.3) is 17.4 Å². The van der Waals surface area contributed by atoms with Gasteiger partial charge in [0.1, 0.15) is 5.76 Å². The summed E-state index contributed by atoms with van der Waals surface area (Å²) in [4.78, 5) is 0. The van der Waals surface area contributed by atoms with E-state index in [9.17, 15) is 0 Å². The second-order valence-corrected chi connectivity index (χ2v) is 2.35. The van der Waals surface area contributed by atoms with Crippen LogP contribution in [0.15, 0.2) is 34.9 Å². The van der Waals surface area contributed by atoms with Crippen LogP contribution in [0, 0.1) is 6.58 Å². The van der Waals surface area contributed by atoms with Crippen LogP contribution in [0.5, 0.6) is 0 Å². The Morgan fingerprint density at radius 3 is 3.00 bits per heavy atom. The fraction of sp³-hybridized carbons (Fsp3) is 0. The van der Waals surface area contributed by atoms with Gasteiger partial charge in [0.05, 0.1) is 6.26 Å². The van der Waals surface area contributed by atoms with Crippen LogP contribution in [-0.2, 0) is 0 Å². The molecule has 0 bridgehead atoms. The highest BCUT2D eigenvalue weighted by Gasteiger charge is 2.06. The Bertz CT molecular complexity index is 346. The Kier molecular flexibility index (Phi) is 1.29. The van der Waals surface area contributed by atoms with Gasteiger partial charge >= 0.3 is 0 Å². The standard InChI is InChI=1S/C10H7O/c1-2-8-5-6-10-9(8)4-3-7-11-10/h1-7H. The molecule has 1 aliphatic carbocycles. The first-order valence-electron chi connectivity index (χ1n) is 3.43. The van der Waals surface area contributed by atoms with Gasteiger partial charge in [-0.25, -0.2) is 0 Å². The maximum Gasteiger partial charge on any atom is 0.134 e. The number of hydrogen-bond donors (Lipinski definition) is 0. The maximum atomic E-state index is 5.39. The summed E-state index contributed by atoms with van der Waals surface area (Å²) in [5.74, 6) is 0.879. The van der Waals surface area contributed by atoms with Gasteiger partial charge in [0.15, 0.2) is 0 Å². The molecule has 53 valence electrons. The molecule has 0 atom stereocenters. The lowest BCUT2D eigenvalue weighted by atomic mass is 10.2. The van der Waals surface area contributed by atoms with Gasteiger partial charge in [-0.15, -0.1) is 0 Å². The van der Waals surface area contributed by atoms with E-state index in [4.69, 9.17) is 11.0 Å². The third-order valence-electron chi connectivity index (χ3n) is 1.71. The number of fused-ring (bicyclic) bond motifs is 1. The van der Waals surface area contributed by atoms with Crippen molar-refractivity contribution in [3.05, 3.63) is 42.7 Å². The van der Waals surface area contributed by atoms with E-state index in [1.807, 2.05) is 24.3 Å². The Hall–Kier alpha value is -1.50. The second kappa shape index (κ2) is 2.27. The molecule has 0 unspecified atom stereocenters. The lowest BCUT2D eigenvalue weighted by Crippen LogP contribution is -1.72. The van der Waals surface area contributed by atoms with Crippen LogP contribution < -0.4 is 0 Å². The van der Waals surface area contributed by atoms with E-state index in [0.29, 0.717) is 0 Å². The van der Waals surface area contributed by atoms with Gasteiger partial charge in [0.2, 0.25) is 0 Å². The van der Waals surface area contributed by atoms with Crippen LogP contribution >= 0.6 is 0 Å². The molecule has 0 fully saturated rings. The van der Waals surface area contributed by atoms with Crippen LogP contribution in [0.4, 0.5) is 0 Å². The van der Waals surface area contributed by atoms with Gasteiger partial charge in [-0.3, -0.25) is 0 Å². The van der Waals surface area contributed by atoms with Crippen LogP contribution in [-0.4, -0.2) is 0 Å². The Morgan fingerprint density at radius 1 is 1.27 bits per heavy atom. The molecule has 1 heterocycles. The molecule has 11 heavy (non-hydrogen) atoms. The smallest absolute Gasteiger partial charge is 0.134 e. The van der Waals surface area contributed by atoms with E-state index in [-0.39, 0.29) is 0 Å². The third kappa shape index (κ3) is 0.855. The van der Waals surface area contributed by atoms with Crippen LogP contribution in [0.2, 0.25) is 0 Å². The monoisotopic (exact) mass is 143 g/mol. The molecular formula is C10H7O. The predicted molar refractivity (Wildman–Crippen MR) is 44.1 cm³/mol. The van der Waals surface area contributed by atoms with Crippen molar-refractivity contribution in [3.63, 3.8) is 0 Å². The SMILES string of the molecule is [CH]=Cc1ccc2occcc1-2. The zero-order valence-corrected chi connectivity index (χ0v) is 5.95. The summed E-state index contributed by atoms with van der Waals surface area (Å²) in [5, 5.41) is 0. The zero-order chi connectivity index (χ0) is 7.68. The summed E-state index contributed by atoms with van der Waals surface area (Å²) < 4.78 is 5.22. The summed E-state index contributed by atoms with van der Waals surface area (Å²) in [6.45, 7) is 5.39. The highest BCUT2D eigenvalue weighted by molar-refractivity contribution is 5.73. The highest BCUT2D eigenvalue weighted by Crippen LogP contribution is 2.27. The summed E-state index contributed by atoms with van der Waals surface area (Å²) in [7, 11) is 0. The lowest BCUT2D eigenvalue weighted by molar-refractivity contribution is 0.567. The average molecular weight is 143 g/mol. The fourth-order valence-corrected chi connectivity index (χ4v) is 1.16. The van der Waals surface area contributed by atoms with Gasteiger partial charge in [-0.05, 0) is 23.8 Å². The van der Waals surface area contributed by atoms with Crippen molar-refractivity contribution >= 4 is 6.08 Å². The molecule has 1 aliphatic heterocycles. The van der Waals surface area contributed by atoms with Gasteiger partial charge in [0, 0.05) is 5.56 Å². The highest BCUT2D eigenvalue weighted by atomic mass is 16.3. The van der Waals surface area contributed by atoms with Crippen LogP contribution in [0.1, 0.15) is 5.56 Å². The Labute approximate surface area is 65.3 Å². The molecule has 1 radical (unpaired) electrons. The van der Waals surface area contributed by atoms with E-state index >= 15 is 0 Å². The van der Waals surface area contributed by atoms with Crippen molar-refractivity contribution in [2.24, 2.45) is 0 Å². The molecule has 0 aromatic rings. The number of hydrogen-bond acceptors (Lipinski definition) is 1. The summed E-state index contributed by atoms with van der Waals surface area (Å²) >= 11 is 0. The Morgan fingerprint density at radius 2 is 2.18 bits per heavy atom. The minimum absolute atomic E-state index is 0.879. The lowest BCUT2D eigenvalue weighted by Gasteiger charge is -1.96. The van der Waals surface area contributed by atoms with Crippen LogP contribution in [0.3, 0.4) is 0 Å². The van der Waals surface area contributed by atoms with Crippen molar-refractivity contribution in [2.45, 2.75) is 0 Å². The van der Waals surface area contributed by atoms with Gasteiger partial charge < -0.3 is 4.42 Å². The molecule has 0 saturated heterocycles. The van der Waals surface area contributed by atoms with Crippen molar-refractivity contribution in [1.82, 2.24) is 0 Å². The molecule has 0 N–H and O–H groups in total. The molecule has 2 rings (SSSR count). The molecule has 2 aliphatic rings. The molecule has 0 spiro atoms. The minimum atomic E-state index is 0.879. The molecule has 1 nitrogen and oxygen atoms in total. The fourth-order valence-electron chi connectivity index (χ4n) is 1.16. The molecule has 1 heteroatoms. The summed E-state index contributed by atoms with van der Waals surface area (Å²) in [6, 6.07) is 7.69. The van der Waals surface area contributed by atoms with Gasteiger partial charge in [-0.2, -0.15) is 0 Å². The first-order chi connectivity index (χ1) is 5.42. The molecule has 0 aromatic heterocycles. The predicted octanol–water partition coefficient (Wildman–Crippen LogP) is 2.83. The second-order valence-electron chi connectivity index (χ2n) is 2.35. The van der Waals surface area contributed by atoms with E-state index < -0.39 is 0 Å². The van der Waals surface area contributed by atoms with Crippen molar-refractivity contribution in [3.8, 4) is 11.3 Å². The summed E-state index contributed by atoms with van der Waals surface area (Å²) in [5.41, 5.74) is 2.08. The van der Waals surface area contributed by atoms with Gasteiger partial charge in [0.25, 0.3) is 0 Å². The molecular weight excluding hydrogens is 136 g/mol. The van der Waals surface area contributed by atoms with E-state index in [0.717, 1.165) is 16.9 Å². The third-order valence-corrected chi connectivity index (χ3v) is 1.71. The van der Waals surface area contributed by atoms with E-state index in [2.05, 4.69) is 0 Å². The molecule has 0 aromatic carbocycles. The largest absolute Gasteiger partial charge is 0.464 e. The quantitative estimate of drug-likeness (QED) is 0.598. The zero-order valence-electron chi connectivity index (χ0n) is 5.95. The first kappa shape index (κ1) is 6.23. The van der Waals surface area contributed by atoms with Crippen molar-refractivity contribution in [1.29, 1.82) is 0 Å². The maximum absolute atomic E-state index is 5.39. The average Bonchev–Trinajstić information content (AvgIpc) is 2.47. The first-order valence-corrected chi connectivity index (χ1v) is 3.43. The molecule has 0 saturated carbocycles. The Balaban J connectivity index is 2.73.